The number of nitrogen functional groups attached to an aromatic ring is 1. The fraction of sp³-hybridized carbons (Fsp3) is 0.562. The maximum absolute atomic E-state index is 12.2. The number of benzene rings is 1. The third-order valence-corrected chi connectivity index (χ3v) is 4.30. The van der Waals surface area contributed by atoms with Gasteiger partial charge in [0.05, 0.1) is 12.7 Å². The Bertz CT molecular complexity index is 487. The van der Waals surface area contributed by atoms with Crippen LogP contribution in [0.5, 0.6) is 5.75 Å². The third-order valence-electron chi connectivity index (χ3n) is 4.30. The molecule has 1 aliphatic rings. The molecule has 0 spiro atoms. The van der Waals surface area contributed by atoms with Crippen molar-refractivity contribution >= 4 is 11.7 Å². The van der Waals surface area contributed by atoms with Gasteiger partial charge in [-0.3, -0.25) is 0 Å². The van der Waals surface area contributed by atoms with Gasteiger partial charge in [0, 0.05) is 5.69 Å². The molecule has 0 radical (unpaired) electrons. The monoisotopic (exact) mass is 277 g/mol. The van der Waals surface area contributed by atoms with Gasteiger partial charge in [0.2, 0.25) is 0 Å². The molecule has 1 aliphatic carbocycles. The van der Waals surface area contributed by atoms with E-state index in [-0.39, 0.29) is 12.1 Å². The number of rotatable bonds is 3. The minimum absolute atomic E-state index is 0.000647. The summed E-state index contributed by atoms with van der Waals surface area (Å²) in [5.41, 5.74) is 6.65. The fourth-order valence-electron chi connectivity index (χ4n) is 2.66. The van der Waals surface area contributed by atoms with Crippen molar-refractivity contribution in [3.63, 3.8) is 0 Å². The molecule has 0 amide bonds. The number of esters is 1. The zero-order valence-corrected chi connectivity index (χ0v) is 12.4. The molecule has 3 atom stereocenters. The lowest BCUT2D eigenvalue weighted by atomic mass is 9.80. The molecule has 1 aromatic carbocycles. The lowest BCUT2D eigenvalue weighted by Crippen LogP contribution is -2.29. The highest BCUT2D eigenvalue weighted by Gasteiger charge is 2.27. The van der Waals surface area contributed by atoms with Crippen molar-refractivity contribution in [1.29, 1.82) is 0 Å². The number of ether oxygens (including phenoxy) is 2. The lowest BCUT2D eigenvalue weighted by Gasteiger charge is -2.31. The molecule has 0 heterocycles. The molecule has 1 saturated carbocycles. The Labute approximate surface area is 120 Å². The minimum Gasteiger partial charge on any atom is -0.497 e. The maximum Gasteiger partial charge on any atom is 0.340 e. The number of hydrogen-bond acceptors (Lipinski definition) is 4. The van der Waals surface area contributed by atoms with Crippen LogP contribution in [0, 0.1) is 11.8 Å². The molecule has 0 aliphatic heterocycles. The summed E-state index contributed by atoms with van der Waals surface area (Å²) < 4.78 is 10.7. The first-order valence-corrected chi connectivity index (χ1v) is 7.15. The molecule has 0 saturated heterocycles. The summed E-state index contributed by atoms with van der Waals surface area (Å²) in [6.45, 7) is 4.47. The molecular weight excluding hydrogens is 254 g/mol. The van der Waals surface area contributed by atoms with Gasteiger partial charge in [-0.15, -0.1) is 0 Å². The maximum atomic E-state index is 12.2. The molecule has 1 fully saturated rings. The number of carbonyl (C=O) groups is 1. The summed E-state index contributed by atoms with van der Waals surface area (Å²) in [6.07, 6.45) is 2.96. The molecule has 3 unspecified atom stereocenters. The second kappa shape index (κ2) is 6.16. The van der Waals surface area contributed by atoms with E-state index in [0.717, 1.165) is 19.3 Å². The van der Waals surface area contributed by atoms with Crippen LogP contribution in [-0.2, 0) is 4.74 Å². The summed E-state index contributed by atoms with van der Waals surface area (Å²) in [5, 5.41) is 0. The largest absolute Gasteiger partial charge is 0.497 e. The Morgan fingerprint density at radius 3 is 2.65 bits per heavy atom. The van der Waals surface area contributed by atoms with Gasteiger partial charge in [0.1, 0.15) is 11.9 Å². The van der Waals surface area contributed by atoms with Crippen LogP contribution in [0.4, 0.5) is 5.69 Å². The van der Waals surface area contributed by atoms with Crippen molar-refractivity contribution in [3.8, 4) is 5.75 Å². The van der Waals surface area contributed by atoms with Gasteiger partial charge in [-0.25, -0.2) is 4.79 Å². The van der Waals surface area contributed by atoms with E-state index < -0.39 is 0 Å². The smallest absolute Gasteiger partial charge is 0.340 e. The van der Waals surface area contributed by atoms with Crippen molar-refractivity contribution in [1.82, 2.24) is 0 Å². The van der Waals surface area contributed by atoms with E-state index >= 15 is 0 Å². The number of nitrogens with two attached hydrogens (primary N) is 1. The fourth-order valence-corrected chi connectivity index (χ4v) is 2.66. The van der Waals surface area contributed by atoms with Gasteiger partial charge >= 0.3 is 5.97 Å². The summed E-state index contributed by atoms with van der Waals surface area (Å²) in [7, 11) is 1.56. The van der Waals surface area contributed by atoms with Crippen LogP contribution in [0.3, 0.4) is 0 Å². The SMILES string of the molecule is COc1ccc(N)c(C(=O)OC2CCC(C)C(C)C2)c1. The van der Waals surface area contributed by atoms with Gasteiger partial charge in [-0.2, -0.15) is 0 Å². The van der Waals surface area contributed by atoms with Gasteiger partial charge < -0.3 is 15.2 Å². The number of carbonyl (C=O) groups excluding carboxylic acids is 1. The highest BCUT2D eigenvalue weighted by Crippen LogP contribution is 2.32. The molecule has 20 heavy (non-hydrogen) atoms. The van der Waals surface area contributed by atoms with Crippen LogP contribution in [0.1, 0.15) is 43.5 Å². The average Bonchev–Trinajstić information content (AvgIpc) is 2.43. The number of hydrogen-bond donors (Lipinski definition) is 1. The second-order valence-electron chi connectivity index (χ2n) is 5.75. The normalized spacial score (nSPS) is 26.1. The summed E-state index contributed by atoms with van der Waals surface area (Å²) >= 11 is 0. The summed E-state index contributed by atoms with van der Waals surface area (Å²) in [5.74, 6) is 1.54. The summed E-state index contributed by atoms with van der Waals surface area (Å²) in [6, 6.07) is 5.03. The van der Waals surface area contributed by atoms with Crippen LogP contribution >= 0.6 is 0 Å². The van der Waals surface area contributed by atoms with E-state index in [2.05, 4.69) is 13.8 Å². The first-order chi connectivity index (χ1) is 9.51. The molecule has 110 valence electrons. The van der Waals surface area contributed by atoms with Gasteiger partial charge in [-0.1, -0.05) is 13.8 Å². The molecular formula is C16H23NO3. The van der Waals surface area contributed by atoms with Crippen molar-refractivity contribution in [2.24, 2.45) is 11.8 Å². The zero-order chi connectivity index (χ0) is 14.7. The Balaban J connectivity index is 2.05. The number of methoxy groups -OCH3 is 1. The molecule has 2 N–H and O–H groups in total. The molecule has 0 bridgehead atoms. The molecule has 4 nitrogen and oxygen atoms in total. The van der Waals surface area contributed by atoms with E-state index in [1.165, 1.54) is 0 Å². The predicted molar refractivity (Wildman–Crippen MR) is 78.8 cm³/mol. The van der Waals surface area contributed by atoms with Crippen LogP contribution in [0.2, 0.25) is 0 Å². The Morgan fingerprint density at radius 2 is 2.00 bits per heavy atom. The van der Waals surface area contributed by atoms with Crippen LogP contribution < -0.4 is 10.5 Å². The van der Waals surface area contributed by atoms with Crippen LogP contribution in [0.25, 0.3) is 0 Å². The highest BCUT2D eigenvalue weighted by molar-refractivity contribution is 5.95. The summed E-state index contributed by atoms with van der Waals surface area (Å²) in [4.78, 5) is 12.2. The Hall–Kier alpha value is -1.71. The first kappa shape index (κ1) is 14.7. The van der Waals surface area contributed by atoms with E-state index in [9.17, 15) is 4.79 Å². The van der Waals surface area contributed by atoms with Crippen molar-refractivity contribution < 1.29 is 14.3 Å². The average molecular weight is 277 g/mol. The quantitative estimate of drug-likeness (QED) is 0.680. The van der Waals surface area contributed by atoms with Crippen molar-refractivity contribution in [2.75, 3.05) is 12.8 Å². The Morgan fingerprint density at radius 1 is 1.25 bits per heavy atom. The predicted octanol–water partition coefficient (Wildman–Crippen LogP) is 3.26. The lowest BCUT2D eigenvalue weighted by molar-refractivity contribution is 0.00887. The second-order valence-corrected chi connectivity index (χ2v) is 5.75. The first-order valence-electron chi connectivity index (χ1n) is 7.15. The van der Waals surface area contributed by atoms with E-state index in [0.29, 0.717) is 28.8 Å². The molecule has 1 aromatic rings. The number of anilines is 1. The zero-order valence-electron chi connectivity index (χ0n) is 12.4. The third kappa shape index (κ3) is 3.24. The molecule has 2 rings (SSSR count). The topological polar surface area (TPSA) is 61.5 Å². The van der Waals surface area contributed by atoms with Crippen LogP contribution in [0.15, 0.2) is 18.2 Å². The van der Waals surface area contributed by atoms with E-state index in [4.69, 9.17) is 15.2 Å². The molecule has 4 heteroatoms. The Kier molecular flexibility index (Phi) is 4.53. The highest BCUT2D eigenvalue weighted by atomic mass is 16.5. The van der Waals surface area contributed by atoms with Gasteiger partial charge in [0.15, 0.2) is 0 Å². The van der Waals surface area contributed by atoms with E-state index in [1.54, 1.807) is 25.3 Å². The standard InChI is InChI=1S/C16H23NO3/c1-10-4-5-13(8-11(10)2)20-16(18)14-9-12(19-3)6-7-15(14)17/h6-7,9-11,13H,4-5,8,17H2,1-3H3. The van der Waals surface area contributed by atoms with Crippen molar-refractivity contribution in [2.45, 2.75) is 39.2 Å². The van der Waals surface area contributed by atoms with Gasteiger partial charge in [0.25, 0.3) is 0 Å². The van der Waals surface area contributed by atoms with Crippen LogP contribution in [-0.4, -0.2) is 19.2 Å². The minimum atomic E-state index is -0.354. The van der Waals surface area contributed by atoms with Crippen molar-refractivity contribution in [3.05, 3.63) is 23.8 Å². The molecule has 0 aromatic heterocycles. The van der Waals surface area contributed by atoms with Gasteiger partial charge in [-0.05, 0) is 49.3 Å². The van der Waals surface area contributed by atoms with E-state index in [1.807, 2.05) is 0 Å².